The molecule has 0 amide bonds. The van der Waals surface area contributed by atoms with Gasteiger partial charge in [0.2, 0.25) is 0 Å². The maximum absolute atomic E-state index is 5.85. The molecule has 1 fully saturated rings. The number of rotatable bonds is 4. The summed E-state index contributed by atoms with van der Waals surface area (Å²) >= 11 is 5.85. The van der Waals surface area contributed by atoms with E-state index in [1.807, 2.05) is 24.4 Å². The molecule has 1 saturated carbocycles. The third-order valence-corrected chi connectivity index (χ3v) is 6.02. The highest BCUT2D eigenvalue weighted by molar-refractivity contribution is 7.80. The van der Waals surface area contributed by atoms with E-state index in [0.29, 0.717) is 0 Å². The van der Waals surface area contributed by atoms with Gasteiger partial charge in [-0.05, 0) is 37.0 Å². The van der Waals surface area contributed by atoms with E-state index >= 15 is 0 Å². The van der Waals surface area contributed by atoms with E-state index in [9.17, 15) is 0 Å². The second-order valence-electron chi connectivity index (χ2n) is 7.73. The Hall–Kier alpha value is -2.26. The highest BCUT2D eigenvalue weighted by atomic mass is 32.1. The molecular weight excluding hydrogens is 348 g/mol. The van der Waals surface area contributed by atoms with Crippen LogP contribution in [-0.2, 0) is 6.42 Å². The van der Waals surface area contributed by atoms with Crippen LogP contribution in [0.1, 0.15) is 49.7 Å². The van der Waals surface area contributed by atoms with Crippen molar-refractivity contribution in [3.05, 3.63) is 78.0 Å². The number of aromatic nitrogens is 1. The van der Waals surface area contributed by atoms with Gasteiger partial charge in [-0.2, -0.15) is 0 Å². The summed E-state index contributed by atoms with van der Waals surface area (Å²) in [6, 6.07) is 21.2. The van der Waals surface area contributed by atoms with Gasteiger partial charge in [-0.15, -0.1) is 0 Å². The van der Waals surface area contributed by atoms with Gasteiger partial charge in [0.15, 0.2) is 0 Å². The predicted molar refractivity (Wildman–Crippen MR) is 117 cm³/mol. The minimum atomic E-state index is 0.0422. The van der Waals surface area contributed by atoms with Crippen molar-refractivity contribution < 1.29 is 0 Å². The molecule has 138 valence electrons. The van der Waals surface area contributed by atoms with Crippen molar-refractivity contribution in [2.45, 2.75) is 50.5 Å². The largest absolute Gasteiger partial charge is 0.370 e. The molecule has 27 heavy (non-hydrogen) atoms. The number of nitrogens with one attached hydrogen (secondary N) is 1. The fourth-order valence-electron chi connectivity index (χ4n) is 4.25. The summed E-state index contributed by atoms with van der Waals surface area (Å²) < 4.78 is 0. The van der Waals surface area contributed by atoms with Crippen molar-refractivity contribution in [3.8, 4) is 0 Å². The van der Waals surface area contributed by atoms with Gasteiger partial charge < -0.3 is 5.32 Å². The summed E-state index contributed by atoms with van der Waals surface area (Å²) in [6.45, 7) is 0. The summed E-state index contributed by atoms with van der Waals surface area (Å²) in [5, 5.41) is 4.93. The lowest BCUT2D eigenvalue weighted by molar-refractivity contribution is 0.330. The number of hydrogen-bond donors (Lipinski definition) is 1. The second-order valence-corrected chi connectivity index (χ2v) is 8.14. The third-order valence-electron chi connectivity index (χ3n) is 5.68. The zero-order valence-electron chi connectivity index (χ0n) is 15.7. The first-order valence-corrected chi connectivity index (χ1v) is 10.4. The van der Waals surface area contributed by atoms with Gasteiger partial charge >= 0.3 is 0 Å². The zero-order valence-corrected chi connectivity index (χ0v) is 16.5. The average molecular weight is 375 g/mol. The Bertz CT molecular complexity index is 912. The maximum Gasteiger partial charge on any atom is 0.108 e. The smallest absolute Gasteiger partial charge is 0.108 e. The number of fused-ring (bicyclic) bond motifs is 1. The molecule has 4 rings (SSSR count). The van der Waals surface area contributed by atoms with Crippen LogP contribution in [0.15, 0.2) is 66.9 Å². The molecule has 0 saturated heterocycles. The summed E-state index contributed by atoms with van der Waals surface area (Å²) in [4.78, 5) is 5.42. The fraction of sp³-hybridized carbons (Fsp3) is 0.333. The number of hydrogen-bond acceptors (Lipinski definition) is 2. The topological polar surface area (TPSA) is 24.9 Å². The van der Waals surface area contributed by atoms with Crippen LogP contribution < -0.4 is 5.32 Å². The molecule has 1 N–H and O–H groups in total. The highest BCUT2D eigenvalue weighted by Crippen LogP contribution is 2.31. The summed E-state index contributed by atoms with van der Waals surface area (Å²) in [5.41, 5.74) is 3.45. The second kappa shape index (κ2) is 8.18. The van der Waals surface area contributed by atoms with Gasteiger partial charge in [0.25, 0.3) is 0 Å². The summed E-state index contributed by atoms with van der Waals surface area (Å²) in [6.07, 6.45) is 10.4. The molecule has 0 atom stereocenters. The molecule has 0 unspecified atom stereocenters. The Morgan fingerprint density at radius 2 is 1.63 bits per heavy atom. The van der Waals surface area contributed by atoms with Gasteiger partial charge in [0.1, 0.15) is 4.99 Å². The monoisotopic (exact) mass is 374 g/mol. The number of thiocarbonyl (C=S) groups is 1. The highest BCUT2D eigenvalue weighted by Gasteiger charge is 2.32. The molecule has 0 radical (unpaired) electrons. The van der Waals surface area contributed by atoms with Crippen LogP contribution in [0.4, 0.5) is 0 Å². The van der Waals surface area contributed by atoms with Crippen molar-refractivity contribution >= 4 is 28.1 Å². The molecule has 1 aliphatic carbocycles. The molecule has 1 aliphatic rings. The van der Waals surface area contributed by atoms with E-state index in [4.69, 9.17) is 12.2 Å². The van der Waals surface area contributed by atoms with Crippen LogP contribution in [0.2, 0.25) is 0 Å². The number of benzene rings is 2. The lowest BCUT2D eigenvalue weighted by atomic mass is 9.83. The van der Waals surface area contributed by atoms with Crippen LogP contribution >= 0.6 is 12.2 Å². The van der Waals surface area contributed by atoms with Crippen LogP contribution in [0, 0.1) is 0 Å². The van der Waals surface area contributed by atoms with E-state index in [1.54, 1.807) is 0 Å². The molecule has 1 heterocycles. The first kappa shape index (κ1) is 18.1. The first-order valence-electron chi connectivity index (χ1n) is 9.95. The first-order chi connectivity index (χ1) is 13.2. The minimum Gasteiger partial charge on any atom is -0.370 e. The molecule has 3 aromatic rings. The Morgan fingerprint density at radius 1 is 0.926 bits per heavy atom. The Labute approximate surface area is 167 Å². The number of pyridine rings is 1. The fourth-order valence-corrected chi connectivity index (χ4v) is 4.57. The predicted octanol–water partition coefficient (Wildman–Crippen LogP) is 5.84. The molecule has 2 aromatic carbocycles. The maximum atomic E-state index is 5.85. The van der Waals surface area contributed by atoms with Crippen LogP contribution in [0.25, 0.3) is 10.9 Å². The van der Waals surface area contributed by atoms with Crippen LogP contribution in [0.3, 0.4) is 0 Å². The number of para-hydroxylation sites is 1. The van der Waals surface area contributed by atoms with E-state index in [2.05, 4.69) is 52.8 Å². The number of nitrogens with zero attached hydrogens (tertiary/aromatic N) is 1. The summed E-state index contributed by atoms with van der Waals surface area (Å²) in [5.74, 6) is 0. The van der Waals surface area contributed by atoms with Gasteiger partial charge in [-0.1, -0.05) is 86.4 Å². The Balaban J connectivity index is 1.60. The quantitative estimate of drug-likeness (QED) is 0.459. The SMILES string of the molecule is S=C(NC1(Cc2ccccc2)CCCCCC1)c1cnc2ccccc2c1. The van der Waals surface area contributed by atoms with E-state index in [1.165, 1.54) is 44.1 Å². The molecule has 1 aromatic heterocycles. The molecule has 0 aliphatic heterocycles. The Kier molecular flexibility index (Phi) is 5.49. The Morgan fingerprint density at radius 3 is 2.41 bits per heavy atom. The van der Waals surface area contributed by atoms with E-state index in [-0.39, 0.29) is 5.54 Å². The van der Waals surface area contributed by atoms with Gasteiger partial charge in [0.05, 0.1) is 5.52 Å². The van der Waals surface area contributed by atoms with Crippen LogP contribution in [-0.4, -0.2) is 15.5 Å². The molecule has 3 heteroatoms. The third kappa shape index (κ3) is 4.36. The lowest BCUT2D eigenvalue weighted by Gasteiger charge is -2.35. The standard InChI is InChI=1S/C24H26N2S/c27-23(21-16-20-12-6-7-13-22(20)25-18-21)26-24(14-8-1-2-9-15-24)17-19-10-4-3-5-11-19/h3-7,10-13,16,18H,1-2,8-9,14-15,17H2,(H,26,27). The molecule has 0 spiro atoms. The van der Waals surface area contributed by atoms with Gasteiger partial charge in [-0.3, -0.25) is 4.98 Å². The molecular formula is C24H26N2S. The van der Waals surface area contributed by atoms with Crippen molar-refractivity contribution in [1.82, 2.24) is 10.3 Å². The van der Waals surface area contributed by atoms with Crippen LogP contribution in [0.5, 0.6) is 0 Å². The van der Waals surface area contributed by atoms with Gasteiger partial charge in [-0.25, -0.2) is 0 Å². The average Bonchev–Trinajstić information content (AvgIpc) is 2.94. The molecule has 2 nitrogen and oxygen atoms in total. The lowest BCUT2D eigenvalue weighted by Crippen LogP contribution is -2.49. The van der Waals surface area contributed by atoms with E-state index < -0.39 is 0 Å². The summed E-state index contributed by atoms with van der Waals surface area (Å²) in [7, 11) is 0. The normalized spacial score (nSPS) is 16.6. The van der Waals surface area contributed by atoms with E-state index in [0.717, 1.165) is 27.9 Å². The van der Waals surface area contributed by atoms with Crippen molar-refractivity contribution in [3.63, 3.8) is 0 Å². The van der Waals surface area contributed by atoms with Gasteiger partial charge in [0, 0.05) is 22.7 Å². The van der Waals surface area contributed by atoms with Crippen molar-refractivity contribution in [2.75, 3.05) is 0 Å². The van der Waals surface area contributed by atoms with Crippen molar-refractivity contribution in [2.24, 2.45) is 0 Å². The van der Waals surface area contributed by atoms with Crippen molar-refractivity contribution in [1.29, 1.82) is 0 Å². The zero-order chi connectivity index (χ0) is 18.5. The molecule has 0 bridgehead atoms. The minimum absolute atomic E-state index is 0.0422.